The highest BCUT2D eigenvalue weighted by atomic mass is 16.5. The van der Waals surface area contributed by atoms with Crippen molar-refractivity contribution in [2.45, 2.75) is 57.9 Å². The van der Waals surface area contributed by atoms with E-state index in [1.54, 1.807) is 0 Å². The first-order valence-corrected chi connectivity index (χ1v) is 10.4. The van der Waals surface area contributed by atoms with Crippen molar-refractivity contribution < 1.29 is 14.3 Å². The second kappa shape index (κ2) is 7.05. The Hall–Kier alpha value is -1.68. The number of amides is 1. The highest BCUT2D eigenvalue weighted by Gasteiger charge is 2.53. The Morgan fingerprint density at radius 3 is 2.78 bits per heavy atom. The van der Waals surface area contributed by atoms with Crippen LogP contribution in [-0.2, 0) is 21.5 Å². The van der Waals surface area contributed by atoms with Crippen LogP contribution in [0.2, 0.25) is 0 Å². The minimum Gasteiger partial charge on any atom is -0.375 e. The van der Waals surface area contributed by atoms with Crippen LogP contribution in [0.1, 0.15) is 67.4 Å². The van der Waals surface area contributed by atoms with Gasteiger partial charge in [-0.1, -0.05) is 44.9 Å². The Balaban J connectivity index is 1.60. The number of carbonyl (C=O) groups excluding carboxylic acids is 2. The zero-order valence-corrected chi connectivity index (χ0v) is 16.7. The lowest BCUT2D eigenvalue weighted by atomic mass is 9.51. The summed E-state index contributed by atoms with van der Waals surface area (Å²) in [6, 6.07) is 6.16. The van der Waals surface area contributed by atoms with Gasteiger partial charge in [0.25, 0.3) is 0 Å². The molecule has 1 N–H and O–H groups in total. The molecule has 1 aromatic rings. The highest BCUT2D eigenvalue weighted by Crippen LogP contribution is 2.56. The number of carbonyl (C=O) groups is 2. The molecule has 2 saturated carbocycles. The van der Waals surface area contributed by atoms with Gasteiger partial charge < -0.3 is 10.1 Å². The largest absolute Gasteiger partial charge is 0.375 e. The van der Waals surface area contributed by atoms with E-state index in [2.05, 4.69) is 25.2 Å². The number of hydrogen-bond donors (Lipinski definition) is 1. The van der Waals surface area contributed by atoms with E-state index >= 15 is 0 Å². The summed E-state index contributed by atoms with van der Waals surface area (Å²) < 4.78 is 4.87. The molecular weight excluding hydrogens is 338 g/mol. The summed E-state index contributed by atoms with van der Waals surface area (Å²) in [7, 11) is 1.52. The van der Waals surface area contributed by atoms with Crippen LogP contribution in [-0.4, -0.2) is 25.4 Å². The number of hydrogen-bond acceptors (Lipinski definition) is 3. The normalized spacial score (nSPS) is 32.1. The molecule has 0 spiro atoms. The lowest BCUT2D eigenvalue weighted by Gasteiger charge is -2.52. The first-order chi connectivity index (χ1) is 12.9. The predicted molar refractivity (Wildman–Crippen MR) is 105 cm³/mol. The number of methoxy groups -OCH3 is 1. The van der Waals surface area contributed by atoms with Crippen molar-refractivity contribution in [2.24, 2.45) is 23.7 Å². The monoisotopic (exact) mass is 369 g/mol. The van der Waals surface area contributed by atoms with Crippen molar-refractivity contribution in [2.75, 3.05) is 13.7 Å². The van der Waals surface area contributed by atoms with Gasteiger partial charge in [-0.2, -0.15) is 0 Å². The fraction of sp³-hybridized carbons (Fsp3) is 0.652. The van der Waals surface area contributed by atoms with Gasteiger partial charge in [0.2, 0.25) is 5.91 Å². The van der Waals surface area contributed by atoms with Crippen molar-refractivity contribution in [3.8, 4) is 0 Å². The molecule has 1 amide bonds. The van der Waals surface area contributed by atoms with Gasteiger partial charge in [0.15, 0.2) is 5.78 Å². The van der Waals surface area contributed by atoms with E-state index in [1.165, 1.54) is 38.4 Å². The molecule has 1 aromatic carbocycles. The van der Waals surface area contributed by atoms with E-state index in [1.807, 2.05) is 12.1 Å². The first-order valence-electron chi connectivity index (χ1n) is 10.4. The van der Waals surface area contributed by atoms with Gasteiger partial charge >= 0.3 is 0 Å². The number of rotatable bonds is 6. The minimum atomic E-state index is -0.119. The zero-order valence-electron chi connectivity index (χ0n) is 16.7. The summed E-state index contributed by atoms with van der Waals surface area (Å²) in [6.45, 7) is 5.18. The van der Waals surface area contributed by atoms with Gasteiger partial charge in [0, 0.05) is 25.1 Å². The summed E-state index contributed by atoms with van der Waals surface area (Å²) >= 11 is 0. The van der Waals surface area contributed by atoms with Crippen LogP contribution in [0.3, 0.4) is 0 Å². The van der Waals surface area contributed by atoms with Crippen LogP contribution in [0.15, 0.2) is 18.2 Å². The Morgan fingerprint density at radius 2 is 2.07 bits per heavy atom. The van der Waals surface area contributed by atoms with E-state index in [0.29, 0.717) is 24.2 Å². The third-order valence-corrected chi connectivity index (χ3v) is 7.45. The van der Waals surface area contributed by atoms with Gasteiger partial charge in [-0.3, -0.25) is 9.59 Å². The minimum absolute atomic E-state index is 0.0561. The predicted octanol–water partition coefficient (Wildman–Crippen LogP) is 3.87. The Kier molecular flexibility index (Phi) is 4.87. The molecule has 2 fully saturated rings. The van der Waals surface area contributed by atoms with Crippen LogP contribution < -0.4 is 5.32 Å². The summed E-state index contributed by atoms with van der Waals surface area (Å²) in [4.78, 5) is 25.1. The zero-order chi connectivity index (χ0) is 19.2. The number of ketones is 1. The van der Waals surface area contributed by atoms with Crippen LogP contribution in [0.5, 0.6) is 0 Å². The highest BCUT2D eigenvalue weighted by molar-refractivity contribution is 6.01. The molecule has 0 heterocycles. The molecule has 2 bridgehead atoms. The van der Waals surface area contributed by atoms with Crippen molar-refractivity contribution in [3.63, 3.8) is 0 Å². The average molecular weight is 370 g/mol. The Morgan fingerprint density at radius 1 is 1.30 bits per heavy atom. The number of benzene rings is 1. The van der Waals surface area contributed by atoms with Crippen molar-refractivity contribution in [1.29, 1.82) is 0 Å². The molecule has 0 radical (unpaired) electrons. The number of ether oxygens (including phenoxy) is 1. The van der Waals surface area contributed by atoms with E-state index in [9.17, 15) is 9.59 Å². The number of fused-ring (bicyclic) bond motifs is 4. The van der Waals surface area contributed by atoms with Crippen molar-refractivity contribution >= 4 is 11.7 Å². The van der Waals surface area contributed by atoms with E-state index in [0.717, 1.165) is 23.5 Å². The van der Waals surface area contributed by atoms with Crippen LogP contribution >= 0.6 is 0 Å². The Labute approximate surface area is 162 Å². The Bertz CT molecular complexity index is 754. The molecule has 146 valence electrons. The summed E-state index contributed by atoms with van der Waals surface area (Å²) in [6.07, 6.45) is 6.29. The number of Topliss-reactive ketones (excluding diaryl/α,β-unsaturated/α-hetero) is 1. The van der Waals surface area contributed by atoms with Gasteiger partial charge in [-0.15, -0.1) is 0 Å². The smallest absolute Gasteiger partial charge is 0.246 e. The third kappa shape index (κ3) is 3.33. The molecule has 4 atom stereocenters. The maximum Gasteiger partial charge on any atom is 0.246 e. The molecule has 0 saturated heterocycles. The average Bonchev–Trinajstić information content (AvgIpc) is 3.46. The fourth-order valence-corrected chi connectivity index (χ4v) is 5.52. The summed E-state index contributed by atoms with van der Waals surface area (Å²) in [5.41, 5.74) is 3.23. The maximum absolute atomic E-state index is 13.4. The quantitative estimate of drug-likeness (QED) is 0.828. The first kappa shape index (κ1) is 18.7. The van der Waals surface area contributed by atoms with Gasteiger partial charge in [-0.05, 0) is 53.6 Å². The third-order valence-electron chi connectivity index (χ3n) is 7.45. The van der Waals surface area contributed by atoms with Gasteiger partial charge in [0.1, 0.15) is 6.61 Å². The standard InChI is InChI=1S/C23H31NO3/c1-14-21-17(10-15-4-5-15)8-9-23(14,2)19-11-16(6-7-18(19)22(21)26)12-24-20(25)13-27-3/h6-7,11,14-15,17,21H,4-5,8-10,12-13H2,1-3H3,(H,24,25)/t14-,17?,21+,23+/m0/s1. The van der Waals surface area contributed by atoms with Crippen molar-refractivity contribution in [3.05, 3.63) is 34.9 Å². The van der Waals surface area contributed by atoms with Crippen LogP contribution in [0.25, 0.3) is 0 Å². The van der Waals surface area contributed by atoms with Crippen molar-refractivity contribution in [1.82, 2.24) is 5.32 Å². The number of nitrogens with one attached hydrogen (secondary N) is 1. The summed E-state index contributed by atoms with van der Waals surface area (Å²) in [5, 5.41) is 2.88. The second-order valence-corrected chi connectivity index (χ2v) is 9.16. The molecule has 1 unspecified atom stereocenters. The molecular formula is C23H31NO3. The molecule has 4 rings (SSSR count). The second-order valence-electron chi connectivity index (χ2n) is 9.16. The molecule has 3 aliphatic carbocycles. The van der Waals surface area contributed by atoms with Crippen LogP contribution in [0, 0.1) is 23.7 Å². The topological polar surface area (TPSA) is 55.4 Å². The molecule has 4 heteroatoms. The molecule has 4 nitrogen and oxygen atoms in total. The van der Waals surface area contributed by atoms with Crippen LogP contribution in [0.4, 0.5) is 0 Å². The SMILES string of the molecule is COCC(=O)NCc1ccc2c(c1)[C@]1(C)CCC(CC3CC3)[C@H](C2=O)[C@@H]1C. The van der Waals surface area contributed by atoms with E-state index in [-0.39, 0.29) is 23.8 Å². The fourth-order valence-electron chi connectivity index (χ4n) is 5.52. The van der Waals surface area contributed by atoms with Gasteiger partial charge in [-0.25, -0.2) is 0 Å². The molecule has 0 aromatic heterocycles. The van der Waals surface area contributed by atoms with E-state index in [4.69, 9.17) is 4.74 Å². The molecule has 27 heavy (non-hydrogen) atoms. The molecule has 0 aliphatic heterocycles. The maximum atomic E-state index is 13.4. The lowest BCUT2D eigenvalue weighted by molar-refractivity contribution is -0.124. The van der Waals surface area contributed by atoms with E-state index < -0.39 is 0 Å². The lowest BCUT2D eigenvalue weighted by Crippen LogP contribution is -2.51. The summed E-state index contributed by atoms with van der Waals surface area (Å²) in [5.74, 6) is 2.24. The van der Waals surface area contributed by atoms with Gasteiger partial charge in [0.05, 0.1) is 0 Å². The molecule has 3 aliphatic rings.